The number of piperidine rings is 1. The van der Waals surface area contributed by atoms with E-state index in [4.69, 9.17) is 15.7 Å². The van der Waals surface area contributed by atoms with E-state index >= 15 is 0 Å². The van der Waals surface area contributed by atoms with Gasteiger partial charge in [0.25, 0.3) is 5.91 Å². The molecule has 1 saturated heterocycles. The van der Waals surface area contributed by atoms with Crippen molar-refractivity contribution < 1.29 is 27.5 Å². The van der Waals surface area contributed by atoms with Crippen LogP contribution < -0.4 is 11.1 Å². The SMILES string of the molecule is CCS(=O)(=O)c1ccc(CNC(=O)c2cc3c(s2)C2(CCN(C(C)c4ccc(/C(N)=N\O)c(F)c4)CC2)O[C@@H](C)C3)cc1. The third kappa shape index (κ3) is 6.33. The number of carbonyl (C=O) groups is 1. The highest BCUT2D eigenvalue weighted by Crippen LogP contribution is 2.48. The number of oxime groups is 1. The highest BCUT2D eigenvalue weighted by molar-refractivity contribution is 7.91. The summed E-state index contributed by atoms with van der Waals surface area (Å²) in [6.45, 7) is 7.47. The van der Waals surface area contributed by atoms with Gasteiger partial charge < -0.3 is 21.0 Å². The normalized spacial score (nSPS) is 19.6. The van der Waals surface area contributed by atoms with Crippen LogP contribution in [0.1, 0.15) is 76.5 Å². The van der Waals surface area contributed by atoms with Gasteiger partial charge in [-0.15, -0.1) is 11.3 Å². The maximum Gasteiger partial charge on any atom is 0.261 e. The Morgan fingerprint density at radius 1 is 1.23 bits per heavy atom. The molecule has 3 aromatic rings. The van der Waals surface area contributed by atoms with Gasteiger partial charge in [-0.1, -0.05) is 30.3 Å². The molecule has 0 aliphatic carbocycles. The van der Waals surface area contributed by atoms with Crippen molar-refractivity contribution in [2.45, 2.75) is 69.2 Å². The largest absolute Gasteiger partial charge is 0.409 e. The number of ether oxygens (including phenoxy) is 1. The number of nitrogens with one attached hydrogen (secondary N) is 1. The lowest BCUT2D eigenvalue weighted by Gasteiger charge is -2.47. The average molecular weight is 629 g/mol. The van der Waals surface area contributed by atoms with Crippen LogP contribution in [0.15, 0.2) is 58.6 Å². The first-order valence-corrected chi connectivity index (χ1v) is 16.9. The minimum atomic E-state index is -3.27. The fourth-order valence-corrected chi connectivity index (χ4v) is 8.18. The summed E-state index contributed by atoms with van der Waals surface area (Å²) in [6, 6.07) is 13.3. The fourth-order valence-electron chi connectivity index (χ4n) is 6.00. The number of benzene rings is 2. The number of amidine groups is 1. The van der Waals surface area contributed by atoms with Gasteiger partial charge in [0, 0.05) is 30.6 Å². The van der Waals surface area contributed by atoms with Crippen molar-refractivity contribution in [3.8, 4) is 0 Å². The van der Waals surface area contributed by atoms with Crippen LogP contribution in [-0.2, 0) is 33.1 Å². The summed E-state index contributed by atoms with van der Waals surface area (Å²) in [7, 11) is -3.27. The van der Waals surface area contributed by atoms with Crippen molar-refractivity contribution >= 4 is 32.9 Å². The molecule has 230 valence electrons. The van der Waals surface area contributed by atoms with Crippen LogP contribution in [0.5, 0.6) is 0 Å². The summed E-state index contributed by atoms with van der Waals surface area (Å²) < 4.78 is 45.4. The standard InChI is InChI=1S/C31H37FN4O5S2/c1-4-43(39,40)24-8-5-21(6-9-24)18-34-30(37)27-17-23-15-19(2)41-31(28(23)42-27)11-13-36(14-12-31)20(3)22-7-10-25(26(32)16-22)29(33)35-38/h5-10,16-17,19-20,38H,4,11-15,18H2,1-3H3,(H2,33,35)(H,34,37)/t19-,20?/m0/s1. The Morgan fingerprint density at radius 3 is 2.56 bits per heavy atom. The second-order valence-electron chi connectivity index (χ2n) is 11.3. The van der Waals surface area contributed by atoms with Gasteiger partial charge in [-0.05, 0) is 80.1 Å². The maximum absolute atomic E-state index is 14.6. The van der Waals surface area contributed by atoms with E-state index in [1.807, 2.05) is 13.0 Å². The first-order chi connectivity index (χ1) is 20.5. The van der Waals surface area contributed by atoms with Crippen molar-refractivity contribution in [1.82, 2.24) is 10.2 Å². The summed E-state index contributed by atoms with van der Waals surface area (Å²) in [5.41, 5.74) is 7.92. The van der Waals surface area contributed by atoms with E-state index < -0.39 is 21.3 Å². The molecule has 0 radical (unpaired) electrons. The average Bonchev–Trinajstić information content (AvgIpc) is 3.45. The Balaban J connectivity index is 1.26. The van der Waals surface area contributed by atoms with Crippen LogP contribution in [0.4, 0.5) is 4.39 Å². The molecule has 2 aromatic carbocycles. The summed E-state index contributed by atoms with van der Waals surface area (Å²) >= 11 is 1.48. The highest BCUT2D eigenvalue weighted by Gasteiger charge is 2.45. The van der Waals surface area contributed by atoms with Gasteiger partial charge in [0.2, 0.25) is 0 Å². The van der Waals surface area contributed by atoms with Gasteiger partial charge in [0.15, 0.2) is 15.7 Å². The second kappa shape index (κ2) is 12.4. The Morgan fingerprint density at radius 2 is 1.93 bits per heavy atom. The molecule has 2 aliphatic rings. The summed E-state index contributed by atoms with van der Waals surface area (Å²) in [4.78, 5) is 17.5. The number of carbonyl (C=O) groups excluding carboxylic acids is 1. The molecule has 0 bridgehead atoms. The third-order valence-corrected chi connectivity index (χ3v) is 11.6. The first-order valence-electron chi connectivity index (χ1n) is 14.4. The fraction of sp³-hybridized carbons (Fsp3) is 0.419. The maximum atomic E-state index is 14.6. The van der Waals surface area contributed by atoms with Gasteiger partial charge in [0.05, 0.1) is 27.2 Å². The van der Waals surface area contributed by atoms with E-state index in [0.29, 0.717) is 11.4 Å². The van der Waals surface area contributed by atoms with Crippen LogP contribution in [0.3, 0.4) is 0 Å². The molecule has 3 heterocycles. The van der Waals surface area contributed by atoms with Gasteiger partial charge in [-0.3, -0.25) is 9.69 Å². The Labute approximate surface area is 255 Å². The quantitative estimate of drug-likeness (QED) is 0.142. The van der Waals surface area contributed by atoms with Crippen molar-refractivity contribution in [2.24, 2.45) is 10.9 Å². The zero-order valence-corrected chi connectivity index (χ0v) is 26.1. The summed E-state index contributed by atoms with van der Waals surface area (Å²) in [5.74, 6) is -0.929. The number of hydrogen-bond acceptors (Lipinski definition) is 8. The molecule has 2 atom stereocenters. The van der Waals surface area contributed by atoms with Crippen molar-refractivity contribution in [2.75, 3.05) is 18.8 Å². The zero-order valence-electron chi connectivity index (χ0n) is 24.5. The Bertz CT molecular complexity index is 1630. The predicted molar refractivity (Wildman–Crippen MR) is 164 cm³/mol. The lowest BCUT2D eigenvalue weighted by atomic mass is 9.83. The van der Waals surface area contributed by atoms with E-state index in [0.717, 1.165) is 53.9 Å². The van der Waals surface area contributed by atoms with Gasteiger partial charge >= 0.3 is 0 Å². The molecule has 0 saturated carbocycles. The zero-order chi connectivity index (χ0) is 30.9. The molecular weight excluding hydrogens is 591 g/mol. The van der Waals surface area contributed by atoms with E-state index in [1.165, 1.54) is 23.5 Å². The lowest BCUT2D eigenvalue weighted by molar-refractivity contribution is -0.134. The smallest absolute Gasteiger partial charge is 0.261 e. The minimum Gasteiger partial charge on any atom is -0.409 e. The van der Waals surface area contributed by atoms with E-state index in [2.05, 4.69) is 22.3 Å². The molecule has 9 nitrogen and oxygen atoms in total. The molecule has 4 N–H and O–H groups in total. The highest BCUT2D eigenvalue weighted by atomic mass is 32.2. The van der Waals surface area contributed by atoms with Crippen molar-refractivity contribution in [3.05, 3.63) is 86.4 Å². The van der Waals surface area contributed by atoms with Crippen molar-refractivity contribution in [1.29, 1.82) is 0 Å². The number of hydrogen-bond donors (Lipinski definition) is 3. The Kier molecular flexibility index (Phi) is 8.94. The molecule has 1 fully saturated rings. The molecule has 1 aromatic heterocycles. The third-order valence-electron chi connectivity index (χ3n) is 8.51. The predicted octanol–water partition coefficient (Wildman–Crippen LogP) is 4.72. The summed E-state index contributed by atoms with van der Waals surface area (Å²) in [5, 5.41) is 14.8. The lowest BCUT2D eigenvalue weighted by Crippen LogP contribution is -2.48. The molecule has 2 aliphatic heterocycles. The van der Waals surface area contributed by atoms with Crippen LogP contribution in [0.2, 0.25) is 0 Å². The number of nitrogens with two attached hydrogens (primary N) is 1. The topological polar surface area (TPSA) is 134 Å². The van der Waals surface area contributed by atoms with Crippen LogP contribution in [0.25, 0.3) is 0 Å². The molecular formula is C31H37FN4O5S2. The van der Waals surface area contributed by atoms with Gasteiger partial charge in [-0.2, -0.15) is 0 Å². The number of nitrogens with zero attached hydrogens (tertiary/aromatic N) is 2. The molecule has 1 amide bonds. The molecule has 1 unspecified atom stereocenters. The van der Waals surface area contributed by atoms with E-state index in [1.54, 1.807) is 37.3 Å². The van der Waals surface area contributed by atoms with Crippen LogP contribution in [0, 0.1) is 5.82 Å². The number of sulfone groups is 1. The number of likely N-dealkylation sites (tertiary alicyclic amines) is 1. The number of rotatable bonds is 8. The van der Waals surface area contributed by atoms with E-state index in [9.17, 15) is 17.6 Å². The molecule has 43 heavy (non-hydrogen) atoms. The van der Waals surface area contributed by atoms with Crippen molar-refractivity contribution in [3.63, 3.8) is 0 Å². The monoisotopic (exact) mass is 628 g/mol. The number of fused-ring (bicyclic) bond motifs is 2. The van der Waals surface area contributed by atoms with Gasteiger partial charge in [0.1, 0.15) is 11.4 Å². The van der Waals surface area contributed by atoms with Crippen LogP contribution in [-0.4, -0.2) is 55.2 Å². The molecule has 12 heteroatoms. The van der Waals surface area contributed by atoms with Gasteiger partial charge in [-0.25, -0.2) is 12.8 Å². The number of thiophene rings is 1. The van der Waals surface area contributed by atoms with Crippen LogP contribution >= 0.6 is 11.3 Å². The number of halogens is 1. The molecule has 5 rings (SSSR count). The first kappa shape index (κ1) is 31.1. The minimum absolute atomic E-state index is 0.0141. The second-order valence-corrected chi connectivity index (χ2v) is 14.6. The molecule has 1 spiro atoms. The number of amides is 1. The Hall–Kier alpha value is -3.32. The summed E-state index contributed by atoms with van der Waals surface area (Å²) in [6.07, 6.45) is 2.24. The van der Waals surface area contributed by atoms with E-state index in [-0.39, 0.29) is 40.1 Å².